The number of hydrogen-bond acceptors (Lipinski definition) is 5. The second kappa shape index (κ2) is 10.2. The Kier molecular flexibility index (Phi) is 8.18. The lowest BCUT2D eigenvalue weighted by Gasteiger charge is -2.22. The highest BCUT2D eigenvalue weighted by atomic mass is 32.2. The van der Waals surface area contributed by atoms with Crippen LogP contribution in [0.4, 0.5) is 10.1 Å². The molecule has 0 aliphatic heterocycles. The van der Waals surface area contributed by atoms with Crippen molar-refractivity contribution in [2.75, 3.05) is 25.5 Å². The molecule has 1 aliphatic carbocycles. The summed E-state index contributed by atoms with van der Waals surface area (Å²) < 4.78 is 29.3. The van der Waals surface area contributed by atoms with Gasteiger partial charge in [0.15, 0.2) is 0 Å². The van der Waals surface area contributed by atoms with Crippen molar-refractivity contribution in [3.63, 3.8) is 0 Å². The monoisotopic (exact) mass is 427 g/mol. The number of halogens is 1. The number of nitrogens with zero attached hydrogens (tertiary/aromatic N) is 1. The van der Waals surface area contributed by atoms with Crippen molar-refractivity contribution < 1.29 is 23.6 Å². The predicted octanol–water partition coefficient (Wildman–Crippen LogP) is 1.79. The van der Waals surface area contributed by atoms with E-state index in [9.17, 15) is 18.5 Å². The first-order chi connectivity index (χ1) is 13.7. The summed E-state index contributed by atoms with van der Waals surface area (Å²) in [5.41, 5.74) is 1.56. The van der Waals surface area contributed by atoms with E-state index in [1.165, 1.54) is 11.0 Å². The second-order valence-corrected chi connectivity index (χ2v) is 9.05. The largest absolute Gasteiger partial charge is 0.394 e. The molecule has 2 atom stereocenters. The number of benzene rings is 1. The zero-order valence-corrected chi connectivity index (χ0v) is 17.9. The number of carbonyl (C=O) groups is 1. The highest BCUT2D eigenvalue weighted by Gasteiger charge is 2.50. The van der Waals surface area contributed by atoms with Crippen molar-refractivity contribution in [1.29, 1.82) is 0 Å². The van der Waals surface area contributed by atoms with Crippen LogP contribution in [0.25, 0.3) is 0 Å². The Labute approximate surface area is 173 Å². The van der Waals surface area contributed by atoms with Crippen molar-refractivity contribution in [2.24, 2.45) is 0 Å². The molecule has 0 heterocycles. The van der Waals surface area contributed by atoms with Crippen LogP contribution in [0.2, 0.25) is 0 Å². The second-order valence-electron chi connectivity index (χ2n) is 7.44. The summed E-state index contributed by atoms with van der Waals surface area (Å²) >= 11 is 0. The number of aryl methyl sites for hydroxylation is 1. The molecule has 9 heteroatoms. The van der Waals surface area contributed by atoms with Crippen LogP contribution in [0.5, 0.6) is 0 Å². The summed E-state index contributed by atoms with van der Waals surface area (Å²) in [7, 11) is 0.0714. The Morgan fingerprint density at radius 3 is 2.69 bits per heavy atom. The first kappa shape index (κ1) is 23.3. The Bertz CT molecular complexity index is 783. The van der Waals surface area contributed by atoms with Gasteiger partial charge < -0.3 is 25.2 Å². The van der Waals surface area contributed by atoms with Crippen molar-refractivity contribution >= 4 is 22.6 Å². The molecule has 0 radical (unpaired) electrons. The van der Waals surface area contributed by atoms with Crippen LogP contribution in [0.1, 0.15) is 38.2 Å². The van der Waals surface area contributed by atoms with E-state index in [-0.39, 0.29) is 25.5 Å². The minimum absolute atomic E-state index is 0.117. The molecular weight excluding hydrogens is 397 g/mol. The van der Waals surface area contributed by atoms with Crippen molar-refractivity contribution in [1.82, 2.24) is 9.62 Å². The number of nitrogens with one attached hydrogen (secondary N) is 2. The molecule has 1 amide bonds. The molecule has 0 bridgehead atoms. The maximum atomic E-state index is 14.1. The summed E-state index contributed by atoms with van der Waals surface area (Å²) in [5.74, 6) is -0.512. The molecule has 29 heavy (non-hydrogen) atoms. The molecule has 7 nitrogen and oxygen atoms in total. The topological polar surface area (TPSA) is 102 Å². The summed E-state index contributed by atoms with van der Waals surface area (Å²) in [6.07, 6.45) is 2.48. The first-order valence-electron chi connectivity index (χ1n) is 9.64. The van der Waals surface area contributed by atoms with Crippen LogP contribution >= 0.6 is 0 Å². The third-order valence-corrected chi connectivity index (χ3v) is 6.69. The van der Waals surface area contributed by atoms with Crippen LogP contribution in [0.3, 0.4) is 0 Å². The van der Waals surface area contributed by atoms with Gasteiger partial charge in [0.2, 0.25) is 5.91 Å². The van der Waals surface area contributed by atoms with Crippen LogP contribution in [-0.2, 0) is 15.8 Å². The molecule has 2 unspecified atom stereocenters. The predicted molar refractivity (Wildman–Crippen MR) is 112 cm³/mol. The average Bonchev–Trinajstić information content (AvgIpc) is 3.46. The zero-order valence-electron chi connectivity index (χ0n) is 17.1. The van der Waals surface area contributed by atoms with Gasteiger partial charge in [-0.15, -0.1) is 0 Å². The Hall–Kier alpha value is -1.97. The third-order valence-electron chi connectivity index (χ3n) is 4.88. The fraction of sp³-hybridized carbons (Fsp3) is 0.550. The highest BCUT2D eigenvalue weighted by Crippen LogP contribution is 2.45. The van der Waals surface area contributed by atoms with Gasteiger partial charge in [-0.3, -0.25) is 4.79 Å². The molecule has 4 N–H and O–H groups in total. The summed E-state index contributed by atoms with van der Waals surface area (Å²) in [5, 5.41) is 21.8. The fourth-order valence-corrected chi connectivity index (χ4v) is 4.34. The van der Waals surface area contributed by atoms with E-state index in [4.69, 9.17) is 5.11 Å². The maximum absolute atomic E-state index is 14.1. The quantitative estimate of drug-likeness (QED) is 0.431. The number of carbonyl (C=O) groups excluding carboxylic acids is 1. The summed E-state index contributed by atoms with van der Waals surface area (Å²) in [6.45, 7) is 3.28. The normalized spacial score (nSPS) is 17.4. The number of aliphatic hydroxyl groups is 2. The zero-order chi connectivity index (χ0) is 21.6. The lowest BCUT2D eigenvalue weighted by molar-refractivity contribution is -0.127. The van der Waals surface area contributed by atoms with Crippen LogP contribution in [0, 0.1) is 12.7 Å². The molecule has 1 aromatic rings. The Balaban J connectivity index is 2.13. The van der Waals surface area contributed by atoms with Gasteiger partial charge in [0.25, 0.3) is 0 Å². The van der Waals surface area contributed by atoms with E-state index in [2.05, 4.69) is 10.0 Å². The van der Waals surface area contributed by atoms with Crippen molar-refractivity contribution in [3.8, 4) is 0 Å². The van der Waals surface area contributed by atoms with Gasteiger partial charge in [0.1, 0.15) is 16.8 Å². The molecular formula is C20H30FN3O4S. The van der Waals surface area contributed by atoms with Gasteiger partial charge in [0.05, 0.1) is 35.4 Å². The van der Waals surface area contributed by atoms with Gasteiger partial charge in [-0.25, -0.2) is 8.60 Å². The lowest BCUT2D eigenvalue weighted by atomic mass is 10.2. The van der Waals surface area contributed by atoms with Gasteiger partial charge in [-0.05, 0) is 43.9 Å². The average molecular weight is 428 g/mol. The Morgan fingerprint density at radius 2 is 2.14 bits per heavy atom. The minimum Gasteiger partial charge on any atom is -0.394 e. The fourth-order valence-electron chi connectivity index (χ4n) is 2.94. The van der Waals surface area contributed by atoms with E-state index in [0.29, 0.717) is 30.6 Å². The SMILES string of the molecule is CCC(=O)N(C)/C=C(\CNc1ccc(C)cc1F)NS(=O)C1(CC(O)CO)CC1. The number of rotatable bonds is 11. The molecule has 1 aromatic carbocycles. The molecule has 162 valence electrons. The smallest absolute Gasteiger partial charge is 0.226 e. The van der Waals surface area contributed by atoms with Gasteiger partial charge >= 0.3 is 0 Å². The molecule has 0 saturated heterocycles. The number of amides is 1. The van der Waals surface area contributed by atoms with Crippen molar-refractivity contribution in [3.05, 3.63) is 41.5 Å². The first-order valence-corrected chi connectivity index (χ1v) is 10.8. The lowest BCUT2D eigenvalue weighted by Crippen LogP contribution is -2.36. The van der Waals surface area contributed by atoms with E-state index in [1.807, 2.05) is 0 Å². The molecule has 0 spiro atoms. The van der Waals surface area contributed by atoms with E-state index in [1.54, 1.807) is 39.2 Å². The molecule has 1 aliphatic rings. The number of hydrogen-bond donors (Lipinski definition) is 4. The standard InChI is InChI=1S/C20H30FN3O4S/c1-4-19(27)24(3)12-15(11-22-18-6-5-14(2)9-17(18)21)23-29(28)20(7-8-20)10-16(26)13-25/h5-6,9,12,16,22-23,25-26H,4,7-8,10-11,13H2,1-3H3/b15-12+. The van der Waals surface area contributed by atoms with Crippen LogP contribution in [-0.4, -0.2) is 56.3 Å². The van der Waals surface area contributed by atoms with Crippen molar-refractivity contribution in [2.45, 2.75) is 50.4 Å². The number of anilines is 1. The minimum atomic E-state index is -1.53. The maximum Gasteiger partial charge on any atom is 0.226 e. The van der Waals surface area contributed by atoms with Crippen LogP contribution in [0.15, 0.2) is 30.1 Å². The molecule has 1 fully saturated rings. The van der Waals surface area contributed by atoms with Gasteiger partial charge in [-0.2, -0.15) is 0 Å². The van der Waals surface area contributed by atoms with E-state index < -0.39 is 27.7 Å². The van der Waals surface area contributed by atoms with E-state index >= 15 is 0 Å². The third kappa shape index (κ3) is 6.52. The molecule has 1 saturated carbocycles. The summed E-state index contributed by atoms with van der Waals surface area (Å²) in [4.78, 5) is 13.3. The number of aliphatic hydroxyl groups excluding tert-OH is 2. The summed E-state index contributed by atoms with van der Waals surface area (Å²) in [6, 6.07) is 4.82. The highest BCUT2D eigenvalue weighted by molar-refractivity contribution is 7.85. The van der Waals surface area contributed by atoms with Gasteiger partial charge in [0, 0.05) is 19.7 Å². The van der Waals surface area contributed by atoms with Crippen LogP contribution < -0.4 is 10.0 Å². The van der Waals surface area contributed by atoms with Gasteiger partial charge in [-0.1, -0.05) is 13.0 Å². The molecule has 2 rings (SSSR count). The Morgan fingerprint density at radius 1 is 1.45 bits per heavy atom. The van der Waals surface area contributed by atoms with E-state index in [0.717, 1.165) is 5.56 Å². The molecule has 0 aromatic heterocycles.